The lowest BCUT2D eigenvalue weighted by atomic mass is 10.1. The Morgan fingerprint density at radius 2 is 1.57 bits per heavy atom. The van der Waals surface area contributed by atoms with Crippen LogP contribution in [0, 0.1) is 31.3 Å². The van der Waals surface area contributed by atoms with E-state index in [1.54, 1.807) is 0 Å². The number of hydrogen-bond acceptors (Lipinski definition) is 2. The molecule has 2 rings (SSSR count). The van der Waals surface area contributed by atoms with E-state index in [1.807, 2.05) is 4.72 Å². The molecule has 0 bridgehead atoms. The van der Waals surface area contributed by atoms with Crippen molar-refractivity contribution < 1.29 is 21.6 Å². The molecule has 0 radical (unpaired) electrons. The quantitative estimate of drug-likeness (QED) is 0.942. The largest absolute Gasteiger partial charge is 0.277 e. The molecule has 112 valence electrons. The lowest BCUT2D eigenvalue weighted by Gasteiger charge is -2.13. The minimum absolute atomic E-state index is 0.160. The summed E-state index contributed by atoms with van der Waals surface area (Å²) in [6, 6.07) is 5.28. The van der Waals surface area contributed by atoms with Gasteiger partial charge in [0.2, 0.25) is 0 Å². The Morgan fingerprint density at radius 3 is 2.14 bits per heavy atom. The lowest BCUT2D eigenvalue weighted by molar-refractivity contribution is 0.511. The number of benzene rings is 2. The van der Waals surface area contributed by atoms with Crippen LogP contribution in [0.2, 0.25) is 0 Å². The van der Waals surface area contributed by atoms with Gasteiger partial charge in [0.25, 0.3) is 10.0 Å². The van der Waals surface area contributed by atoms with Crippen molar-refractivity contribution in [3.63, 3.8) is 0 Å². The average Bonchev–Trinajstić information content (AvgIpc) is 2.33. The molecule has 3 nitrogen and oxygen atoms in total. The fourth-order valence-corrected chi connectivity index (χ4v) is 3.61. The van der Waals surface area contributed by atoms with E-state index < -0.39 is 33.2 Å². The Kier molecular flexibility index (Phi) is 3.95. The molecule has 7 heteroatoms. The molecule has 0 saturated heterocycles. The Labute approximate surface area is 120 Å². The minimum Gasteiger partial charge on any atom is -0.277 e. The van der Waals surface area contributed by atoms with Crippen molar-refractivity contribution in [3.05, 3.63) is 58.9 Å². The fourth-order valence-electron chi connectivity index (χ4n) is 2.10. The van der Waals surface area contributed by atoms with Gasteiger partial charge in [-0.3, -0.25) is 4.72 Å². The summed E-state index contributed by atoms with van der Waals surface area (Å²) < 4.78 is 66.4. The molecule has 0 spiro atoms. The molecule has 0 amide bonds. The molecule has 1 N–H and O–H groups in total. The van der Waals surface area contributed by atoms with Gasteiger partial charge in [-0.15, -0.1) is 0 Å². The highest BCUT2D eigenvalue weighted by atomic mass is 32.2. The highest BCUT2D eigenvalue weighted by Gasteiger charge is 2.22. The van der Waals surface area contributed by atoms with Gasteiger partial charge in [-0.2, -0.15) is 0 Å². The fraction of sp³-hybridized carbons (Fsp3) is 0.143. The molecule has 0 aromatic heterocycles. The average molecular weight is 315 g/mol. The first kappa shape index (κ1) is 15.4. The molecule has 0 unspecified atom stereocenters. The van der Waals surface area contributed by atoms with Gasteiger partial charge < -0.3 is 0 Å². The lowest BCUT2D eigenvalue weighted by Crippen LogP contribution is -2.17. The van der Waals surface area contributed by atoms with Crippen LogP contribution in [0.3, 0.4) is 0 Å². The molecular weight excluding hydrogens is 303 g/mol. The van der Waals surface area contributed by atoms with Crippen molar-refractivity contribution >= 4 is 15.7 Å². The Bertz CT molecular complexity index is 781. The predicted molar refractivity (Wildman–Crippen MR) is 73.0 cm³/mol. The van der Waals surface area contributed by atoms with Gasteiger partial charge >= 0.3 is 0 Å². The Morgan fingerprint density at radius 1 is 1.00 bits per heavy atom. The zero-order valence-electron chi connectivity index (χ0n) is 11.2. The van der Waals surface area contributed by atoms with Crippen LogP contribution in [0.4, 0.5) is 18.9 Å². The van der Waals surface area contributed by atoms with Crippen molar-refractivity contribution in [2.45, 2.75) is 18.7 Å². The number of aryl methyl sites for hydroxylation is 2. The zero-order chi connectivity index (χ0) is 15.8. The van der Waals surface area contributed by atoms with Gasteiger partial charge in [-0.1, -0.05) is 6.07 Å². The van der Waals surface area contributed by atoms with Crippen LogP contribution in [-0.4, -0.2) is 8.42 Å². The number of sulfonamides is 1. The summed E-state index contributed by atoms with van der Waals surface area (Å²) in [7, 11) is -4.15. The van der Waals surface area contributed by atoms with E-state index in [0.717, 1.165) is 24.3 Å². The van der Waals surface area contributed by atoms with Gasteiger partial charge in [0.1, 0.15) is 5.82 Å². The topological polar surface area (TPSA) is 46.2 Å². The van der Waals surface area contributed by atoms with E-state index in [0.29, 0.717) is 0 Å². The number of halogens is 3. The Balaban J connectivity index is 2.51. The first-order valence-corrected chi connectivity index (χ1v) is 7.44. The molecule has 0 aliphatic rings. The molecule has 0 aliphatic carbocycles. The molecule has 0 atom stereocenters. The van der Waals surface area contributed by atoms with E-state index in [9.17, 15) is 21.6 Å². The van der Waals surface area contributed by atoms with Gasteiger partial charge in [-0.25, -0.2) is 21.6 Å². The third-order valence-corrected chi connectivity index (χ3v) is 4.56. The summed E-state index contributed by atoms with van der Waals surface area (Å²) in [5.74, 6) is -3.03. The predicted octanol–water partition coefficient (Wildman–Crippen LogP) is 3.52. The standard InChI is InChI=1S/C14H12F3NO2S/c1-8-6-10(15)7-9(2)14(8)21(19,20)18-12-5-3-4-11(16)13(12)17/h3-7,18H,1-2H3. The maximum atomic E-state index is 13.6. The SMILES string of the molecule is Cc1cc(F)cc(C)c1S(=O)(=O)Nc1cccc(F)c1F. The number of anilines is 1. The minimum atomic E-state index is -4.15. The van der Waals surface area contributed by atoms with E-state index in [-0.39, 0.29) is 16.0 Å². The van der Waals surface area contributed by atoms with E-state index in [1.165, 1.54) is 19.9 Å². The summed E-state index contributed by atoms with van der Waals surface area (Å²) in [5, 5.41) is 0. The molecule has 0 saturated carbocycles. The number of hydrogen-bond donors (Lipinski definition) is 1. The van der Waals surface area contributed by atoms with Crippen LogP contribution in [0.15, 0.2) is 35.2 Å². The highest BCUT2D eigenvalue weighted by Crippen LogP contribution is 2.25. The second-order valence-electron chi connectivity index (χ2n) is 4.58. The van der Waals surface area contributed by atoms with Gasteiger partial charge in [0.15, 0.2) is 11.6 Å². The summed E-state index contributed by atoms with van der Waals surface area (Å²) in [6.45, 7) is 2.85. The van der Waals surface area contributed by atoms with E-state index in [4.69, 9.17) is 0 Å². The zero-order valence-corrected chi connectivity index (χ0v) is 12.1. The number of nitrogens with one attached hydrogen (secondary N) is 1. The summed E-state index contributed by atoms with van der Waals surface area (Å²) in [4.78, 5) is -0.160. The maximum Gasteiger partial charge on any atom is 0.262 e. The first-order valence-electron chi connectivity index (χ1n) is 5.96. The summed E-state index contributed by atoms with van der Waals surface area (Å²) >= 11 is 0. The number of rotatable bonds is 3. The van der Waals surface area contributed by atoms with Gasteiger partial charge in [-0.05, 0) is 49.2 Å². The van der Waals surface area contributed by atoms with Crippen LogP contribution in [0.1, 0.15) is 11.1 Å². The third kappa shape index (κ3) is 3.02. The smallest absolute Gasteiger partial charge is 0.262 e. The molecule has 2 aromatic carbocycles. The van der Waals surface area contributed by atoms with Crippen molar-refractivity contribution in [3.8, 4) is 0 Å². The van der Waals surface area contributed by atoms with Crippen molar-refractivity contribution in [1.82, 2.24) is 0 Å². The first-order chi connectivity index (χ1) is 9.72. The monoisotopic (exact) mass is 315 g/mol. The molecule has 0 aliphatic heterocycles. The summed E-state index contributed by atoms with van der Waals surface area (Å²) in [5.41, 5.74) is -0.147. The third-order valence-electron chi connectivity index (χ3n) is 2.89. The van der Waals surface area contributed by atoms with Gasteiger partial charge in [0.05, 0.1) is 10.6 Å². The van der Waals surface area contributed by atoms with E-state index >= 15 is 0 Å². The highest BCUT2D eigenvalue weighted by molar-refractivity contribution is 7.92. The normalized spacial score (nSPS) is 11.5. The molecule has 21 heavy (non-hydrogen) atoms. The van der Waals surface area contributed by atoms with Crippen LogP contribution in [-0.2, 0) is 10.0 Å². The van der Waals surface area contributed by atoms with Crippen LogP contribution in [0.5, 0.6) is 0 Å². The van der Waals surface area contributed by atoms with Crippen LogP contribution in [0.25, 0.3) is 0 Å². The van der Waals surface area contributed by atoms with E-state index in [2.05, 4.69) is 0 Å². The van der Waals surface area contributed by atoms with Crippen molar-refractivity contribution in [1.29, 1.82) is 0 Å². The molecular formula is C14H12F3NO2S. The van der Waals surface area contributed by atoms with Crippen molar-refractivity contribution in [2.24, 2.45) is 0 Å². The van der Waals surface area contributed by atoms with Crippen LogP contribution >= 0.6 is 0 Å². The second kappa shape index (κ2) is 5.40. The summed E-state index contributed by atoms with van der Waals surface area (Å²) in [6.07, 6.45) is 0. The molecule has 2 aromatic rings. The maximum absolute atomic E-state index is 13.6. The molecule has 0 fully saturated rings. The molecule has 0 heterocycles. The second-order valence-corrected chi connectivity index (χ2v) is 6.19. The van der Waals surface area contributed by atoms with Gasteiger partial charge in [0, 0.05) is 0 Å². The van der Waals surface area contributed by atoms with Crippen LogP contribution < -0.4 is 4.72 Å². The van der Waals surface area contributed by atoms with Crippen molar-refractivity contribution in [2.75, 3.05) is 4.72 Å². The Hall–Kier alpha value is -2.02.